The van der Waals surface area contributed by atoms with E-state index in [0.717, 1.165) is 0 Å². The van der Waals surface area contributed by atoms with Crippen LogP contribution in [-0.2, 0) is 4.74 Å². The highest BCUT2D eigenvalue weighted by molar-refractivity contribution is 5.89. The molecule has 1 aromatic carbocycles. The monoisotopic (exact) mass is 266 g/mol. The van der Waals surface area contributed by atoms with Crippen LogP contribution in [0.1, 0.15) is 31.1 Å². The lowest BCUT2D eigenvalue weighted by atomic mass is 9.82. The third kappa shape index (κ3) is 4.56. The van der Waals surface area contributed by atoms with E-state index in [0.29, 0.717) is 11.3 Å². The zero-order chi connectivity index (χ0) is 14.5. The average Bonchev–Trinajstić information content (AvgIpc) is 2.37. The number of rotatable bonds is 5. The standard InChI is InChI=1S/C15H22O4/c1-15(2,3)12(9-16)10-19-14(17)11-5-7-13(18-4)8-6-11/h5-8,12,16H,9-10H2,1-4H3/t12-/m0/s1. The number of hydrogen-bond donors (Lipinski definition) is 1. The van der Waals surface area contributed by atoms with Crippen molar-refractivity contribution in [1.29, 1.82) is 0 Å². The molecular formula is C15H22O4. The second-order valence-corrected chi connectivity index (χ2v) is 5.57. The number of carbonyl (C=O) groups excluding carboxylic acids is 1. The van der Waals surface area contributed by atoms with Crippen LogP contribution >= 0.6 is 0 Å². The molecule has 0 fully saturated rings. The Morgan fingerprint density at radius 1 is 1.26 bits per heavy atom. The fraction of sp³-hybridized carbons (Fsp3) is 0.533. The molecule has 0 aliphatic carbocycles. The van der Waals surface area contributed by atoms with Crippen molar-refractivity contribution in [2.45, 2.75) is 20.8 Å². The number of esters is 1. The zero-order valence-electron chi connectivity index (χ0n) is 12.0. The van der Waals surface area contributed by atoms with Gasteiger partial charge < -0.3 is 14.6 Å². The number of carbonyl (C=O) groups is 1. The number of aliphatic hydroxyl groups excluding tert-OH is 1. The van der Waals surface area contributed by atoms with Gasteiger partial charge in [-0.05, 0) is 29.7 Å². The minimum atomic E-state index is -0.384. The molecule has 0 amide bonds. The first-order valence-electron chi connectivity index (χ1n) is 6.30. The van der Waals surface area contributed by atoms with Crippen molar-refractivity contribution < 1.29 is 19.4 Å². The van der Waals surface area contributed by atoms with Crippen LogP contribution in [0.2, 0.25) is 0 Å². The molecule has 0 aliphatic heterocycles. The number of hydrogen-bond acceptors (Lipinski definition) is 4. The van der Waals surface area contributed by atoms with Gasteiger partial charge in [-0.3, -0.25) is 0 Å². The zero-order valence-corrected chi connectivity index (χ0v) is 12.0. The lowest BCUT2D eigenvalue weighted by Gasteiger charge is -2.28. The highest BCUT2D eigenvalue weighted by Gasteiger charge is 2.25. The summed E-state index contributed by atoms with van der Waals surface area (Å²) in [6, 6.07) is 6.74. The normalized spacial score (nSPS) is 12.9. The van der Waals surface area contributed by atoms with Crippen LogP contribution < -0.4 is 4.74 Å². The van der Waals surface area contributed by atoms with Gasteiger partial charge in [0.2, 0.25) is 0 Å². The molecule has 0 bridgehead atoms. The van der Waals surface area contributed by atoms with Gasteiger partial charge >= 0.3 is 5.97 Å². The number of ether oxygens (including phenoxy) is 2. The summed E-state index contributed by atoms with van der Waals surface area (Å²) >= 11 is 0. The smallest absolute Gasteiger partial charge is 0.338 e. The Labute approximate surface area is 114 Å². The van der Waals surface area contributed by atoms with Crippen LogP contribution in [-0.4, -0.2) is 31.4 Å². The molecule has 0 heterocycles. The van der Waals surface area contributed by atoms with E-state index in [-0.39, 0.29) is 30.5 Å². The van der Waals surface area contributed by atoms with Crippen LogP contribution in [0.4, 0.5) is 0 Å². The first kappa shape index (κ1) is 15.5. The third-order valence-electron chi connectivity index (χ3n) is 3.19. The van der Waals surface area contributed by atoms with E-state index in [4.69, 9.17) is 9.47 Å². The van der Waals surface area contributed by atoms with Gasteiger partial charge in [-0.2, -0.15) is 0 Å². The molecule has 0 radical (unpaired) electrons. The minimum Gasteiger partial charge on any atom is -0.497 e. The molecule has 1 atom stereocenters. The third-order valence-corrected chi connectivity index (χ3v) is 3.19. The molecule has 0 unspecified atom stereocenters. The number of aliphatic hydroxyl groups is 1. The number of methoxy groups -OCH3 is 1. The highest BCUT2D eigenvalue weighted by Crippen LogP contribution is 2.25. The average molecular weight is 266 g/mol. The van der Waals surface area contributed by atoms with Gasteiger partial charge in [0.25, 0.3) is 0 Å². The topological polar surface area (TPSA) is 55.8 Å². The first-order chi connectivity index (χ1) is 8.88. The van der Waals surface area contributed by atoms with Gasteiger partial charge in [-0.25, -0.2) is 4.79 Å². The predicted octanol–water partition coefficient (Wildman–Crippen LogP) is 2.51. The summed E-state index contributed by atoms with van der Waals surface area (Å²) in [4.78, 5) is 11.8. The van der Waals surface area contributed by atoms with Crippen molar-refractivity contribution in [3.05, 3.63) is 29.8 Å². The van der Waals surface area contributed by atoms with Gasteiger partial charge in [0.05, 0.1) is 19.3 Å². The van der Waals surface area contributed by atoms with Crippen molar-refractivity contribution in [1.82, 2.24) is 0 Å². The van der Waals surface area contributed by atoms with E-state index in [1.54, 1.807) is 31.4 Å². The molecule has 0 aliphatic rings. The van der Waals surface area contributed by atoms with Crippen LogP contribution in [0.15, 0.2) is 24.3 Å². The fourth-order valence-electron chi connectivity index (χ4n) is 1.56. The van der Waals surface area contributed by atoms with Crippen LogP contribution in [0.25, 0.3) is 0 Å². The fourth-order valence-corrected chi connectivity index (χ4v) is 1.56. The molecule has 1 rings (SSSR count). The molecular weight excluding hydrogens is 244 g/mol. The van der Waals surface area contributed by atoms with Crippen molar-refractivity contribution in [2.24, 2.45) is 11.3 Å². The molecule has 1 aromatic rings. The molecule has 0 saturated heterocycles. The quantitative estimate of drug-likeness (QED) is 0.832. The summed E-state index contributed by atoms with van der Waals surface area (Å²) in [5, 5.41) is 9.31. The van der Waals surface area contributed by atoms with Crippen molar-refractivity contribution in [3.63, 3.8) is 0 Å². The molecule has 106 valence electrons. The minimum absolute atomic E-state index is 0.000603. The van der Waals surface area contributed by atoms with Crippen LogP contribution in [0.5, 0.6) is 5.75 Å². The maximum Gasteiger partial charge on any atom is 0.338 e. The van der Waals surface area contributed by atoms with Gasteiger partial charge in [-0.15, -0.1) is 0 Å². The molecule has 1 N–H and O–H groups in total. The van der Waals surface area contributed by atoms with E-state index < -0.39 is 0 Å². The summed E-state index contributed by atoms with van der Waals surface area (Å²) in [5.41, 5.74) is 0.376. The Balaban J connectivity index is 2.59. The largest absolute Gasteiger partial charge is 0.497 e. The summed E-state index contributed by atoms with van der Waals surface area (Å²) in [6.07, 6.45) is 0. The lowest BCUT2D eigenvalue weighted by Crippen LogP contribution is -2.29. The summed E-state index contributed by atoms with van der Waals surface area (Å²) < 4.78 is 10.3. The van der Waals surface area contributed by atoms with Gasteiger partial charge in [-0.1, -0.05) is 20.8 Å². The molecule has 0 saturated carbocycles. The Morgan fingerprint density at radius 2 is 1.84 bits per heavy atom. The van der Waals surface area contributed by atoms with E-state index in [1.807, 2.05) is 20.8 Å². The Hall–Kier alpha value is -1.55. The second-order valence-electron chi connectivity index (χ2n) is 5.57. The lowest BCUT2D eigenvalue weighted by molar-refractivity contribution is 0.0205. The SMILES string of the molecule is COc1ccc(C(=O)OC[C@H](CO)C(C)(C)C)cc1. The molecule has 4 nitrogen and oxygen atoms in total. The summed E-state index contributed by atoms with van der Waals surface area (Å²) in [7, 11) is 1.57. The molecule has 0 aromatic heterocycles. The van der Waals surface area contributed by atoms with Crippen LogP contribution in [0, 0.1) is 11.3 Å². The molecule has 4 heteroatoms. The number of benzene rings is 1. The summed E-state index contributed by atoms with van der Waals surface area (Å²) in [5.74, 6) is 0.236. The second kappa shape index (κ2) is 6.57. The van der Waals surface area contributed by atoms with E-state index in [2.05, 4.69) is 0 Å². The maximum absolute atomic E-state index is 11.8. The van der Waals surface area contributed by atoms with E-state index in [1.165, 1.54) is 0 Å². The molecule has 19 heavy (non-hydrogen) atoms. The van der Waals surface area contributed by atoms with E-state index >= 15 is 0 Å². The van der Waals surface area contributed by atoms with Crippen LogP contribution in [0.3, 0.4) is 0 Å². The Kier molecular flexibility index (Phi) is 5.36. The van der Waals surface area contributed by atoms with Gasteiger partial charge in [0, 0.05) is 12.5 Å². The van der Waals surface area contributed by atoms with Gasteiger partial charge in [0.1, 0.15) is 5.75 Å². The van der Waals surface area contributed by atoms with Crippen molar-refractivity contribution in [2.75, 3.05) is 20.3 Å². The van der Waals surface area contributed by atoms with Crippen molar-refractivity contribution >= 4 is 5.97 Å². The molecule has 0 spiro atoms. The summed E-state index contributed by atoms with van der Waals surface area (Å²) in [6.45, 7) is 6.24. The highest BCUT2D eigenvalue weighted by atomic mass is 16.5. The first-order valence-corrected chi connectivity index (χ1v) is 6.30. The Morgan fingerprint density at radius 3 is 2.26 bits per heavy atom. The maximum atomic E-state index is 11.8. The van der Waals surface area contributed by atoms with E-state index in [9.17, 15) is 9.90 Å². The predicted molar refractivity (Wildman–Crippen MR) is 73.3 cm³/mol. The van der Waals surface area contributed by atoms with Gasteiger partial charge in [0.15, 0.2) is 0 Å². The van der Waals surface area contributed by atoms with Crippen molar-refractivity contribution in [3.8, 4) is 5.75 Å². The Bertz CT molecular complexity index is 403.